The van der Waals surface area contributed by atoms with Crippen LogP contribution in [0.25, 0.3) is 0 Å². The second-order valence-corrected chi connectivity index (χ2v) is 7.58. The second-order valence-electron chi connectivity index (χ2n) is 5.46. The fourth-order valence-corrected chi connectivity index (χ4v) is 3.99. The Morgan fingerprint density at radius 1 is 1.41 bits per heavy atom. The number of carbonyl (C=O) groups is 1. The minimum absolute atomic E-state index is 0.0459. The lowest BCUT2D eigenvalue weighted by molar-refractivity contribution is -0.129. The van der Waals surface area contributed by atoms with Crippen LogP contribution in [0.15, 0.2) is 23.1 Å². The molecule has 0 spiro atoms. The highest BCUT2D eigenvalue weighted by atomic mass is 35.5. The molecule has 0 aromatic heterocycles. The summed E-state index contributed by atoms with van der Waals surface area (Å²) in [6.45, 7) is 4.18. The quantitative estimate of drug-likeness (QED) is 0.879. The summed E-state index contributed by atoms with van der Waals surface area (Å²) < 4.78 is 32.3. The molecule has 1 aliphatic heterocycles. The third-order valence-corrected chi connectivity index (χ3v) is 5.35. The first-order chi connectivity index (χ1) is 10.2. The molecule has 0 aliphatic carbocycles. The number of hydrogen-bond acceptors (Lipinski definition) is 4. The lowest BCUT2D eigenvalue weighted by atomic mass is 10.3. The Kier molecular flexibility index (Phi) is 4.99. The molecular formula is C14H19ClN2O4S. The molecule has 6 nitrogen and oxygen atoms in total. The molecule has 0 saturated carbocycles. The SMILES string of the molecule is COc1ccc(S(=O)(=O)NC2CC(=O)N(C(C)C)C2)cc1Cl. The molecule has 22 heavy (non-hydrogen) atoms. The zero-order valence-corrected chi connectivity index (χ0v) is 14.2. The average molecular weight is 347 g/mol. The number of hydrogen-bond donors (Lipinski definition) is 1. The molecule has 1 N–H and O–H groups in total. The van der Waals surface area contributed by atoms with Crippen molar-refractivity contribution in [3.05, 3.63) is 23.2 Å². The van der Waals surface area contributed by atoms with E-state index in [9.17, 15) is 13.2 Å². The van der Waals surface area contributed by atoms with Crippen LogP contribution in [0.1, 0.15) is 20.3 Å². The van der Waals surface area contributed by atoms with E-state index in [4.69, 9.17) is 16.3 Å². The minimum Gasteiger partial charge on any atom is -0.495 e. The van der Waals surface area contributed by atoms with Gasteiger partial charge < -0.3 is 9.64 Å². The molecule has 0 bridgehead atoms. The molecule has 1 aromatic rings. The highest BCUT2D eigenvalue weighted by Crippen LogP contribution is 2.27. The summed E-state index contributed by atoms with van der Waals surface area (Å²) in [5.41, 5.74) is 0. The van der Waals surface area contributed by atoms with Gasteiger partial charge in [0.25, 0.3) is 0 Å². The maximum atomic E-state index is 12.4. The number of nitrogens with zero attached hydrogens (tertiary/aromatic N) is 1. The van der Waals surface area contributed by atoms with E-state index in [1.165, 1.54) is 25.3 Å². The summed E-state index contributed by atoms with van der Waals surface area (Å²) >= 11 is 5.96. The summed E-state index contributed by atoms with van der Waals surface area (Å²) in [7, 11) is -2.28. The summed E-state index contributed by atoms with van der Waals surface area (Å²) in [5.74, 6) is 0.359. The van der Waals surface area contributed by atoms with E-state index in [2.05, 4.69) is 4.72 Å². The van der Waals surface area contributed by atoms with Crippen LogP contribution < -0.4 is 9.46 Å². The molecule has 0 radical (unpaired) electrons. The largest absolute Gasteiger partial charge is 0.495 e. The molecule has 1 atom stereocenters. The lowest BCUT2D eigenvalue weighted by Gasteiger charge is -2.21. The van der Waals surface area contributed by atoms with Crippen LogP contribution in [0.4, 0.5) is 0 Å². The van der Waals surface area contributed by atoms with Crippen LogP contribution in [0.3, 0.4) is 0 Å². The number of nitrogens with one attached hydrogen (secondary N) is 1. The Morgan fingerprint density at radius 3 is 2.59 bits per heavy atom. The fraction of sp³-hybridized carbons (Fsp3) is 0.500. The number of likely N-dealkylation sites (tertiary alicyclic amines) is 1. The van der Waals surface area contributed by atoms with Crippen molar-refractivity contribution < 1.29 is 17.9 Å². The van der Waals surface area contributed by atoms with Gasteiger partial charge in [-0.15, -0.1) is 0 Å². The maximum absolute atomic E-state index is 12.4. The van der Waals surface area contributed by atoms with Gasteiger partial charge in [-0.2, -0.15) is 0 Å². The van der Waals surface area contributed by atoms with Crippen LogP contribution in [-0.2, 0) is 14.8 Å². The molecular weight excluding hydrogens is 328 g/mol. The normalized spacial score (nSPS) is 19.0. The van der Waals surface area contributed by atoms with E-state index < -0.39 is 16.1 Å². The Bertz CT molecular complexity index is 675. The van der Waals surface area contributed by atoms with Gasteiger partial charge in [-0.25, -0.2) is 13.1 Å². The number of benzene rings is 1. The molecule has 1 fully saturated rings. The molecule has 1 aliphatic rings. The van der Waals surface area contributed by atoms with E-state index in [0.717, 1.165) is 0 Å². The monoisotopic (exact) mass is 346 g/mol. The number of sulfonamides is 1. The first-order valence-electron chi connectivity index (χ1n) is 6.90. The van der Waals surface area contributed by atoms with Crippen molar-refractivity contribution in [1.82, 2.24) is 9.62 Å². The van der Waals surface area contributed by atoms with Crippen molar-refractivity contribution >= 4 is 27.5 Å². The van der Waals surface area contributed by atoms with Gasteiger partial charge in [0.15, 0.2) is 0 Å². The molecule has 122 valence electrons. The topological polar surface area (TPSA) is 75.7 Å². The van der Waals surface area contributed by atoms with Gasteiger partial charge >= 0.3 is 0 Å². The van der Waals surface area contributed by atoms with Crippen molar-refractivity contribution in [3.8, 4) is 5.75 Å². The smallest absolute Gasteiger partial charge is 0.240 e. The lowest BCUT2D eigenvalue weighted by Crippen LogP contribution is -2.38. The van der Waals surface area contributed by atoms with Gasteiger partial charge in [0.1, 0.15) is 5.75 Å². The maximum Gasteiger partial charge on any atom is 0.240 e. The predicted octanol–water partition coefficient (Wildman–Crippen LogP) is 1.64. The predicted molar refractivity (Wildman–Crippen MR) is 83.6 cm³/mol. The Balaban J connectivity index is 2.15. The van der Waals surface area contributed by atoms with Gasteiger partial charge in [-0.3, -0.25) is 4.79 Å². The van der Waals surface area contributed by atoms with Gasteiger partial charge in [0.2, 0.25) is 15.9 Å². The van der Waals surface area contributed by atoms with E-state index in [1.807, 2.05) is 13.8 Å². The van der Waals surface area contributed by atoms with Crippen LogP contribution in [-0.4, -0.2) is 45.0 Å². The first kappa shape index (κ1) is 17.1. The standard InChI is InChI=1S/C14H19ClN2O4S/c1-9(2)17-8-10(6-14(17)18)16-22(19,20)11-4-5-13(21-3)12(15)7-11/h4-5,7,9-10,16H,6,8H2,1-3H3. The Labute approximate surface area is 135 Å². The third kappa shape index (κ3) is 3.53. The molecule has 1 heterocycles. The fourth-order valence-electron chi connectivity index (χ4n) is 2.41. The van der Waals surface area contributed by atoms with Gasteiger partial charge in [0, 0.05) is 25.0 Å². The van der Waals surface area contributed by atoms with Gasteiger partial charge in [-0.05, 0) is 32.0 Å². The average Bonchev–Trinajstić information content (AvgIpc) is 2.78. The van der Waals surface area contributed by atoms with E-state index in [-0.39, 0.29) is 28.3 Å². The van der Waals surface area contributed by atoms with E-state index in [1.54, 1.807) is 4.90 Å². The van der Waals surface area contributed by atoms with E-state index >= 15 is 0 Å². The molecule has 1 saturated heterocycles. The van der Waals surface area contributed by atoms with Crippen molar-refractivity contribution in [2.75, 3.05) is 13.7 Å². The van der Waals surface area contributed by atoms with Crippen LogP contribution in [0.2, 0.25) is 5.02 Å². The highest BCUT2D eigenvalue weighted by molar-refractivity contribution is 7.89. The van der Waals surface area contributed by atoms with Crippen molar-refractivity contribution in [2.24, 2.45) is 0 Å². The van der Waals surface area contributed by atoms with Crippen LogP contribution in [0, 0.1) is 0 Å². The van der Waals surface area contributed by atoms with E-state index in [0.29, 0.717) is 12.3 Å². The summed E-state index contributed by atoms with van der Waals surface area (Å²) in [6.07, 6.45) is 0.168. The Hall–Kier alpha value is -1.31. The zero-order chi connectivity index (χ0) is 16.5. The number of ether oxygens (including phenoxy) is 1. The molecule has 1 unspecified atom stereocenters. The molecule has 8 heteroatoms. The Morgan fingerprint density at radius 2 is 2.09 bits per heavy atom. The summed E-state index contributed by atoms with van der Waals surface area (Å²) in [5, 5.41) is 0.219. The molecule has 1 amide bonds. The minimum atomic E-state index is -3.73. The number of amides is 1. The van der Waals surface area contributed by atoms with Crippen molar-refractivity contribution in [3.63, 3.8) is 0 Å². The third-order valence-electron chi connectivity index (χ3n) is 3.54. The summed E-state index contributed by atoms with van der Waals surface area (Å²) in [6, 6.07) is 3.87. The van der Waals surface area contributed by atoms with Crippen molar-refractivity contribution in [1.29, 1.82) is 0 Å². The summed E-state index contributed by atoms with van der Waals surface area (Å²) in [4.78, 5) is 13.6. The number of methoxy groups -OCH3 is 1. The first-order valence-corrected chi connectivity index (χ1v) is 8.76. The highest BCUT2D eigenvalue weighted by Gasteiger charge is 2.34. The van der Waals surface area contributed by atoms with Crippen molar-refractivity contribution in [2.45, 2.75) is 37.2 Å². The van der Waals surface area contributed by atoms with Gasteiger partial charge in [-0.1, -0.05) is 11.6 Å². The number of rotatable bonds is 5. The second kappa shape index (κ2) is 6.44. The molecule has 1 aromatic carbocycles. The van der Waals surface area contributed by atoms with Gasteiger partial charge in [0.05, 0.1) is 17.0 Å². The van der Waals surface area contributed by atoms with Crippen LogP contribution >= 0.6 is 11.6 Å². The van der Waals surface area contributed by atoms with Crippen LogP contribution in [0.5, 0.6) is 5.75 Å². The number of halogens is 1. The zero-order valence-electron chi connectivity index (χ0n) is 12.7. The number of carbonyl (C=O) groups excluding carboxylic acids is 1. The molecule has 2 rings (SSSR count).